The highest BCUT2D eigenvalue weighted by Gasteiger charge is 2.04. The summed E-state index contributed by atoms with van der Waals surface area (Å²) in [6, 6.07) is 3.99. The van der Waals surface area contributed by atoms with Crippen molar-refractivity contribution in [2.24, 2.45) is 0 Å². The molecule has 92 valence electrons. The van der Waals surface area contributed by atoms with Gasteiger partial charge in [-0.15, -0.1) is 0 Å². The summed E-state index contributed by atoms with van der Waals surface area (Å²) in [6.07, 6.45) is 0.503. The van der Waals surface area contributed by atoms with Crippen LogP contribution in [0.25, 0.3) is 0 Å². The van der Waals surface area contributed by atoms with Crippen LogP contribution in [0.2, 0.25) is 0 Å². The van der Waals surface area contributed by atoms with E-state index in [1.54, 1.807) is 6.07 Å². The van der Waals surface area contributed by atoms with Crippen LogP contribution in [-0.4, -0.2) is 23.4 Å². The maximum absolute atomic E-state index is 13.1. The molecule has 17 heavy (non-hydrogen) atoms. The SMILES string of the molecule is CC(=O)c1cc(F)cc(NCCCC(=O)O)c1. The number of hydrogen-bond donors (Lipinski definition) is 2. The third kappa shape index (κ3) is 4.63. The number of aliphatic carboxylic acids is 1. The van der Waals surface area contributed by atoms with E-state index in [2.05, 4.69) is 5.32 Å². The first-order valence-corrected chi connectivity index (χ1v) is 5.26. The summed E-state index contributed by atoms with van der Waals surface area (Å²) in [4.78, 5) is 21.4. The lowest BCUT2D eigenvalue weighted by Crippen LogP contribution is -2.06. The van der Waals surface area contributed by atoms with Gasteiger partial charge in [0.2, 0.25) is 0 Å². The summed E-state index contributed by atoms with van der Waals surface area (Å²) in [5.74, 6) is -1.56. The van der Waals surface area contributed by atoms with Gasteiger partial charge in [0, 0.05) is 24.2 Å². The van der Waals surface area contributed by atoms with Crippen molar-refractivity contribution >= 4 is 17.4 Å². The first-order valence-electron chi connectivity index (χ1n) is 5.26. The number of carboxylic acid groups (broad SMARTS) is 1. The normalized spacial score (nSPS) is 10.0. The Morgan fingerprint density at radius 1 is 1.35 bits per heavy atom. The number of carbonyl (C=O) groups is 2. The Morgan fingerprint density at radius 2 is 2.06 bits per heavy atom. The van der Waals surface area contributed by atoms with Crippen LogP contribution in [0.4, 0.5) is 10.1 Å². The van der Waals surface area contributed by atoms with Crippen LogP contribution in [0.3, 0.4) is 0 Å². The van der Waals surface area contributed by atoms with E-state index in [1.165, 1.54) is 19.1 Å². The second-order valence-electron chi connectivity index (χ2n) is 3.71. The van der Waals surface area contributed by atoms with Gasteiger partial charge in [-0.3, -0.25) is 9.59 Å². The second-order valence-corrected chi connectivity index (χ2v) is 3.71. The van der Waals surface area contributed by atoms with Gasteiger partial charge in [0.25, 0.3) is 0 Å². The number of carbonyl (C=O) groups excluding carboxylic acids is 1. The quantitative estimate of drug-likeness (QED) is 0.590. The summed E-state index contributed by atoms with van der Waals surface area (Å²) in [6.45, 7) is 1.79. The van der Waals surface area contributed by atoms with Gasteiger partial charge in [-0.05, 0) is 31.5 Å². The molecule has 0 heterocycles. The number of rotatable bonds is 6. The molecule has 0 spiro atoms. The molecule has 1 aromatic carbocycles. The highest BCUT2D eigenvalue weighted by Crippen LogP contribution is 2.14. The van der Waals surface area contributed by atoms with Crippen molar-refractivity contribution in [1.82, 2.24) is 0 Å². The smallest absolute Gasteiger partial charge is 0.303 e. The van der Waals surface area contributed by atoms with Crippen molar-refractivity contribution in [1.29, 1.82) is 0 Å². The van der Waals surface area contributed by atoms with Crippen molar-refractivity contribution in [2.45, 2.75) is 19.8 Å². The third-order valence-corrected chi connectivity index (χ3v) is 2.20. The summed E-state index contributed by atoms with van der Waals surface area (Å²) in [5, 5.41) is 11.3. The molecule has 4 nitrogen and oxygen atoms in total. The zero-order valence-electron chi connectivity index (χ0n) is 9.50. The number of nitrogens with one attached hydrogen (secondary N) is 1. The van der Waals surface area contributed by atoms with Crippen molar-refractivity contribution in [3.63, 3.8) is 0 Å². The number of anilines is 1. The fraction of sp³-hybridized carbons (Fsp3) is 0.333. The maximum atomic E-state index is 13.1. The van der Waals surface area contributed by atoms with Crippen molar-refractivity contribution in [2.75, 3.05) is 11.9 Å². The van der Waals surface area contributed by atoms with Gasteiger partial charge in [0.1, 0.15) is 5.82 Å². The van der Waals surface area contributed by atoms with Crippen molar-refractivity contribution in [3.05, 3.63) is 29.6 Å². The van der Waals surface area contributed by atoms with E-state index in [0.717, 1.165) is 0 Å². The zero-order valence-corrected chi connectivity index (χ0v) is 9.50. The van der Waals surface area contributed by atoms with E-state index in [9.17, 15) is 14.0 Å². The van der Waals surface area contributed by atoms with E-state index in [-0.39, 0.29) is 12.2 Å². The molecule has 0 saturated carbocycles. The van der Waals surface area contributed by atoms with Crippen molar-refractivity contribution < 1.29 is 19.1 Å². The summed E-state index contributed by atoms with van der Waals surface area (Å²) >= 11 is 0. The minimum Gasteiger partial charge on any atom is -0.481 e. The maximum Gasteiger partial charge on any atom is 0.303 e. The Bertz CT molecular complexity index is 432. The lowest BCUT2D eigenvalue weighted by molar-refractivity contribution is -0.137. The number of hydrogen-bond acceptors (Lipinski definition) is 3. The van der Waals surface area contributed by atoms with Gasteiger partial charge in [-0.25, -0.2) is 4.39 Å². The summed E-state index contributed by atoms with van der Waals surface area (Å²) in [7, 11) is 0. The molecule has 0 radical (unpaired) electrons. The molecule has 0 amide bonds. The lowest BCUT2D eigenvalue weighted by Gasteiger charge is -2.07. The van der Waals surface area contributed by atoms with Gasteiger partial charge in [0.15, 0.2) is 5.78 Å². The fourth-order valence-corrected chi connectivity index (χ4v) is 1.37. The van der Waals surface area contributed by atoms with Crippen LogP contribution in [-0.2, 0) is 4.79 Å². The Labute approximate surface area is 98.5 Å². The molecule has 0 saturated heterocycles. The van der Waals surface area contributed by atoms with Gasteiger partial charge < -0.3 is 10.4 Å². The summed E-state index contributed by atoms with van der Waals surface area (Å²) in [5.41, 5.74) is 0.784. The zero-order chi connectivity index (χ0) is 12.8. The largest absolute Gasteiger partial charge is 0.481 e. The number of benzene rings is 1. The molecule has 0 bridgehead atoms. The standard InChI is InChI=1S/C12H14FNO3/c1-8(15)9-5-10(13)7-11(6-9)14-4-2-3-12(16)17/h5-7,14H,2-4H2,1H3,(H,16,17). The molecular formula is C12H14FNO3. The molecule has 0 aliphatic rings. The minimum absolute atomic E-state index is 0.0574. The van der Waals surface area contributed by atoms with E-state index in [1.807, 2.05) is 0 Å². The number of ketones is 1. The summed E-state index contributed by atoms with van der Waals surface area (Å²) < 4.78 is 13.1. The van der Waals surface area contributed by atoms with Crippen LogP contribution < -0.4 is 5.32 Å². The van der Waals surface area contributed by atoms with Crippen LogP contribution >= 0.6 is 0 Å². The number of Topliss-reactive ketones (excluding diaryl/α,β-unsaturated/α-hetero) is 1. The molecule has 0 aromatic heterocycles. The van der Waals surface area contributed by atoms with E-state index in [4.69, 9.17) is 5.11 Å². The lowest BCUT2D eigenvalue weighted by atomic mass is 10.1. The Kier molecular flexibility index (Phi) is 4.63. The number of carboxylic acids is 1. The average molecular weight is 239 g/mol. The highest BCUT2D eigenvalue weighted by atomic mass is 19.1. The minimum atomic E-state index is -0.865. The topological polar surface area (TPSA) is 66.4 Å². The van der Waals surface area contributed by atoms with Gasteiger partial charge >= 0.3 is 5.97 Å². The van der Waals surface area contributed by atoms with Crippen LogP contribution in [0, 0.1) is 5.82 Å². The molecule has 1 aromatic rings. The van der Waals surface area contributed by atoms with Crippen molar-refractivity contribution in [3.8, 4) is 0 Å². The third-order valence-electron chi connectivity index (χ3n) is 2.20. The van der Waals surface area contributed by atoms with Crippen LogP contribution in [0.5, 0.6) is 0 Å². The molecule has 0 aliphatic carbocycles. The molecule has 0 fully saturated rings. The Morgan fingerprint density at radius 3 is 2.65 bits per heavy atom. The van der Waals surface area contributed by atoms with E-state index in [0.29, 0.717) is 24.2 Å². The monoisotopic (exact) mass is 239 g/mol. The van der Waals surface area contributed by atoms with Gasteiger partial charge in [0.05, 0.1) is 0 Å². The Hall–Kier alpha value is -1.91. The highest BCUT2D eigenvalue weighted by molar-refractivity contribution is 5.94. The predicted octanol–water partition coefficient (Wildman–Crippen LogP) is 2.30. The average Bonchev–Trinajstić information content (AvgIpc) is 2.23. The molecule has 0 atom stereocenters. The molecule has 0 aliphatic heterocycles. The molecular weight excluding hydrogens is 225 g/mol. The van der Waals surface area contributed by atoms with Gasteiger partial charge in [-0.2, -0.15) is 0 Å². The molecule has 2 N–H and O–H groups in total. The van der Waals surface area contributed by atoms with Crippen LogP contribution in [0.1, 0.15) is 30.1 Å². The number of halogens is 1. The van der Waals surface area contributed by atoms with E-state index < -0.39 is 11.8 Å². The molecule has 1 rings (SSSR count). The first kappa shape index (κ1) is 13.2. The molecule has 0 unspecified atom stereocenters. The second kappa shape index (κ2) is 5.98. The first-order chi connectivity index (χ1) is 7.99. The Balaban J connectivity index is 2.59. The molecule has 5 heteroatoms. The van der Waals surface area contributed by atoms with Gasteiger partial charge in [-0.1, -0.05) is 0 Å². The van der Waals surface area contributed by atoms with Crippen LogP contribution in [0.15, 0.2) is 18.2 Å². The fourth-order valence-electron chi connectivity index (χ4n) is 1.37. The van der Waals surface area contributed by atoms with E-state index >= 15 is 0 Å². The predicted molar refractivity (Wildman–Crippen MR) is 61.8 cm³/mol.